The van der Waals surface area contributed by atoms with Crippen LogP contribution < -0.4 is 0 Å². The van der Waals surface area contributed by atoms with E-state index in [1.807, 2.05) is 0 Å². The van der Waals surface area contributed by atoms with E-state index in [-0.39, 0.29) is 0 Å². The minimum Gasteiger partial charge on any atom is -0.0617 e. The van der Waals surface area contributed by atoms with Crippen LogP contribution in [0.3, 0.4) is 0 Å². The predicted molar refractivity (Wildman–Crippen MR) is 573 cm³/mol. The molecule has 0 aliphatic heterocycles. The van der Waals surface area contributed by atoms with Crippen LogP contribution in [0.25, 0.3) is 77.2 Å². The monoisotopic (exact) mass is 1710 g/mol. The molecular formula is C131H132. The lowest BCUT2D eigenvalue weighted by Crippen LogP contribution is -1.89. The van der Waals surface area contributed by atoms with Gasteiger partial charge < -0.3 is 0 Å². The van der Waals surface area contributed by atoms with Crippen molar-refractivity contribution in [1.29, 1.82) is 0 Å². The second-order valence-electron chi connectivity index (χ2n) is 35.5. The number of rotatable bonds is 11. The molecular weight excluding hydrogens is 1570 g/mol. The van der Waals surface area contributed by atoms with E-state index in [1.165, 1.54) is 211 Å². The van der Waals surface area contributed by atoms with Gasteiger partial charge in [0.1, 0.15) is 0 Å². The topological polar surface area (TPSA) is 0 Å². The Balaban J connectivity index is 0.000000143. The van der Waals surface area contributed by atoms with Gasteiger partial charge in [-0.1, -0.05) is 520 Å². The Morgan fingerprint density at radius 3 is 0.580 bits per heavy atom. The zero-order valence-corrected chi connectivity index (χ0v) is 80.7. The first-order valence-corrected chi connectivity index (χ1v) is 46.2. The quantitative estimate of drug-likeness (QED) is 0.121. The van der Waals surface area contributed by atoms with Crippen LogP contribution in [0.1, 0.15) is 134 Å². The third kappa shape index (κ3) is 32.4. The second kappa shape index (κ2) is 49.9. The van der Waals surface area contributed by atoms with E-state index in [2.05, 4.69) is 561 Å². The summed E-state index contributed by atoms with van der Waals surface area (Å²) in [5.74, 6) is 0. The normalized spacial score (nSPS) is 10.3. The summed E-state index contributed by atoms with van der Waals surface area (Å²) in [7, 11) is 0. The molecule has 0 saturated heterocycles. The van der Waals surface area contributed by atoms with E-state index in [0.717, 1.165) is 19.3 Å². The molecule has 0 unspecified atom stereocenters. The van der Waals surface area contributed by atoms with E-state index >= 15 is 0 Å². The molecule has 0 amide bonds. The highest BCUT2D eigenvalue weighted by molar-refractivity contribution is 5.88. The third-order valence-electron chi connectivity index (χ3n) is 23.3. The van der Waals surface area contributed by atoms with Crippen molar-refractivity contribution in [1.82, 2.24) is 0 Å². The van der Waals surface area contributed by atoms with Crippen LogP contribution >= 0.6 is 0 Å². The van der Waals surface area contributed by atoms with E-state index in [4.69, 9.17) is 0 Å². The molecule has 0 fully saturated rings. The van der Waals surface area contributed by atoms with E-state index in [9.17, 15) is 0 Å². The molecule has 0 aromatic heterocycles. The minimum absolute atomic E-state index is 1.03. The zero-order valence-electron chi connectivity index (χ0n) is 80.7. The van der Waals surface area contributed by atoms with Gasteiger partial charge in [-0.05, 0) is 271 Å². The highest BCUT2D eigenvalue weighted by Gasteiger charge is 2.07. The van der Waals surface area contributed by atoms with Gasteiger partial charge in [0, 0.05) is 0 Å². The Hall–Kier alpha value is -14.3. The summed E-state index contributed by atoms with van der Waals surface area (Å²) < 4.78 is 0. The number of hydrogen-bond donors (Lipinski definition) is 0. The average molecular weight is 1710 g/mol. The van der Waals surface area contributed by atoms with E-state index in [1.54, 1.807) is 0 Å². The molecule has 0 aliphatic carbocycles. The number of hydrogen-bond acceptors (Lipinski definition) is 0. The summed E-state index contributed by atoms with van der Waals surface area (Å²) in [6, 6.07) is 156. The van der Waals surface area contributed by atoms with E-state index in [0.29, 0.717) is 0 Å². The Labute approximate surface area is 785 Å². The van der Waals surface area contributed by atoms with Crippen LogP contribution in [0.2, 0.25) is 0 Å². The molecule has 0 heteroatoms. The molecule has 0 bridgehead atoms. The molecule has 131 heavy (non-hydrogen) atoms. The molecule has 0 atom stereocenters. The lowest BCUT2D eigenvalue weighted by Gasteiger charge is -2.06. The summed E-state index contributed by atoms with van der Waals surface area (Å²) in [4.78, 5) is 0. The van der Waals surface area contributed by atoms with Crippen LogP contribution in [0.5, 0.6) is 0 Å². The van der Waals surface area contributed by atoms with Gasteiger partial charge in [-0.2, -0.15) is 0 Å². The maximum absolute atomic E-state index is 2.25. The SMILES string of the molecule is Cc1ccc(-c2ccc(-c3ccc(C)cc3)cc2)cc1.Cc1ccc(-c2ccc(C)cc2)cc1.Cc1ccc(-c2cccc(C)c2)cc1.Cc1ccc(Cc2ccc(C)cc2)cc1.Cc1ccc(Cc2cccc(C)c2)cc1.Cc1ccc2c(C)cccc2c1.Cc1cccc(-c2cccc(C)c2)c1.Cc1cccc(Cc2cccc(C)c2)c1.Cc1cccc2c(C)cccc12. The Morgan fingerprint density at radius 1 is 0.115 bits per heavy atom. The van der Waals surface area contributed by atoms with Crippen molar-refractivity contribution in [3.8, 4) is 55.6 Å². The maximum atomic E-state index is 2.25. The molecule has 19 rings (SSSR count). The van der Waals surface area contributed by atoms with E-state index < -0.39 is 0 Å². The zero-order chi connectivity index (χ0) is 93.0. The first-order valence-electron chi connectivity index (χ1n) is 46.2. The molecule has 0 N–H and O–H groups in total. The summed E-state index contributed by atoms with van der Waals surface area (Å²) in [6.45, 7) is 38.3. The van der Waals surface area contributed by atoms with Gasteiger partial charge in [0.15, 0.2) is 0 Å². The summed E-state index contributed by atoms with van der Waals surface area (Å²) >= 11 is 0. The minimum atomic E-state index is 1.03. The molecule has 0 aliphatic rings. The van der Waals surface area contributed by atoms with Crippen molar-refractivity contribution in [2.24, 2.45) is 0 Å². The standard InChI is InChI=1S/C20H18.3C15H16.3C14H14.2C12H12/c1-15-3-7-17(8-4-15)19-11-13-20(14-12-19)18-9-5-16(2)6-10-18;1-12-3-7-14(8-4-12)11-15-9-5-13(2)6-10-15;1-12-5-3-7-14(9-12)11-15-8-4-6-13(2)10-15;1-12-6-8-14(9-7-12)11-15-5-3-4-13(2)10-15;1-11-3-7-13(8-4-11)14-9-5-12(2)6-10-14;1-11-5-3-7-13(9-11)14-8-4-6-12(2)10-14;1-11-6-8-13(9-7-11)14-5-3-4-12(2)10-14;1-9-5-3-8-12-10(2)6-4-7-11(9)12;1-9-6-7-12-10(2)4-3-5-11(12)8-9/h3-14H,1-2H3;3*3-10H,11H2,1-2H3;3*3-10H,1-2H3;2*3-8H,1-2H3. The van der Waals surface area contributed by atoms with Crippen molar-refractivity contribution in [2.75, 3.05) is 0 Å². The van der Waals surface area contributed by atoms with Crippen molar-refractivity contribution >= 4 is 21.5 Å². The van der Waals surface area contributed by atoms with Gasteiger partial charge >= 0.3 is 0 Å². The van der Waals surface area contributed by atoms with Crippen molar-refractivity contribution in [3.63, 3.8) is 0 Å². The third-order valence-corrected chi connectivity index (χ3v) is 23.3. The fourth-order valence-electron chi connectivity index (χ4n) is 15.5. The van der Waals surface area contributed by atoms with Gasteiger partial charge in [0.05, 0.1) is 0 Å². The lowest BCUT2D eigenvalue weighted by molar-refractivity contribution is 1.17. The van der Waals surface area contributed by atoms with Gasteiger partial charge in [-0.3, -0.25) is 0 Å². The van der Waals surface area contributed by atoms with Crippen LogP contribution in [0.15, 0.2) is 437 Å². The summed E-state index contributed by atoms with van der Waals surface area (Å²) in [5, 5.41) is 5.45. The van der Waals surface area contributed by atoms with Crippen LogP contribution in [-0.4, -0.2) is 0 Å². The molecule has 0 saturated carbocycles. The Bertz CT molecular complexity index is 6420. The number of fused-ring (bicyclic) bond motifs is 2. The summed E-state index contributed by atoms with van der Waals surface area (Å²) in [6.07, 6.45) is 3.09. The largest absolute Gasteiger partial charge is 0.0617 e. The second-order valence-corrected chi connectivity index (χ2v) is 35.5. The molecule has 19 aromatic rings. The summed E-state index contributed by atoms with van der Waals surface area (Å²) in [5.41, 5.74) is 44.9. The van der Waals surface area contributed by atoms with Crippen LogP contribution in [0.4, 0.5) is 0 Å². The first kappa shape index (κ1) is 97.3. The fraction of sp³-hybridized carbons (Fsp3) is 0.160. The molecule has 0 radical (unpaired) electrons. The first-order chi connectivity index (χ1) is 63.3. The smallest absolute Gasteiger partial charge is 0.00256 e. The van der Waals surface area contributed by atoms with Gasteiger partial charge in [-0.15, -0.1) is 0 Å². The molecule has 0 heterocycles. The van der Waals surface area contributed by atoms with Crippen LogP contribution in [0, 0.1) is 125 Å². The highest BCUT2D eigenvalue weighted by atomic mass is 14.1. The maximum Gasteiger partial charge on any atom is -0.00256 e. The molecule has 0 nitrogen and oxygen atoms in total. The predicted octanol–water partition coefficient (Wildman–Crippen LogP) is 36.1. The van der Waals surface area contributed by atoms with Gasteiger partial charge in [0.2, 0.25) is 0 Å². The molecule has 656 valence electrons. The van der Waals surface area contributed by atoms with Gasteiger partial charge in [0.25, 0.3) is 0 Å². The van der Waals surface area contributed by atoms with Gasteiger partial charge in [-0.25, -0.2) is 0 Å². The molecule has 19 aromatic carbocycles. The van der Waals surface area contributed by atoms with Crippen LogP contribution in [-0.2, 0) is 19.3 Å². The number of benzene rings is 19. The Morgan fingerprint density at radius 2 is 0.305 bits per heavy atom. The number of aryl methyl sites for hydroxylation is 18. The average Bonchev–Trinajstić information content (AvgIpc) is 0.860. The molecule has 0 spiro atoms. The fourth-order valence-corrected chi connectivity index (χ4v) is 15.5. The Kier molecular flexibility index (Phi) is 37.0. The lowest BCUT2D eigenvalue weighted by atomic mass is 9.99. The van der Waals surface area contributed by atoms with Crippen molar-refractivity contribution in [2.45, 2.75) is 144 Å². The van der Waals surface area contributed by atoms with Crippen molar-refractivity contribution in [3.05, 3.63) is 570 Å². The van der Waals surface area contributed by atoms with Crippen molar-refractivity contribution < 1.29 is 0 Å². The highest BCUT2D eigenvalue weighted by Crippen LogP contribution is 2.29.